The topological polar surface area (TPSA) is 18.5 Å². The number of rotatable bonds is 2. The smallest absolute Gasteiger partial charge is 0.358 e. The molecule has 0 N–H and O–H groups in total. The lowest BCUT2D eigenvalue weighted by atomic mass is 9.99. The van der Waals surface area contributed by atoms with Crippen molar-refractivity contribution in [2.24, 2.45) is 0 Å². The Kier molecular flexibility index (Phi) is 8.37. The van der Waals surface area contributed by atoms with Crippen LogP contribution in [0.1, 0.15) is 70.6 Å². The van der Waals surface area contributed by atoms with Crippen LogP contribution >= 0.6 is 12.2 Å². The number of halogens is 1. The fraction of sp³-hybridized carbons (Fsp3) is 0.632. The zero-order valence-corrected chi connectivity index (χ0v) is 14.6. The summed E-state index contributed by atoms with van der Waals surface area (Å²) in [5.41, 5.74) is 0. The van der Waals surface area contributed by atoms with Gasteiger partial charge in [-0.1, -0.05) is 44.9 Å². The van der Waals surface area contributed by atoms with E-state index >= 15 is 0 Å². The fourth-order valence-corrected chi connectivity index (χ4v) is 3.23. The summed E-state index contributed by atoms with van der Waals surface area (Å²) >= 11 is 5.20. The first-order chi connectivity index (χ1) is 11.2. The van der Waals surface area contributed by atoms with Crippen molar-refractivity contribution < 1.29 is 13.9 Å². The van der Waals surface area contributed by atoms with Gasteiger partial charge in [0.05, 0.1) is 0 Å². The minimum Gasteiger partial charge on any atom is -0.453 e. The highest BCUT2D eigenvalue weighted by Gasteiger charge is 2.14. The Labute approximate surface area is 144 Å². The third kappa shape index (κ3) is 7.78. The number of ether oxygens (including phenoxy) is 2. The second kappa shape index (κ2) is 10.6. The molecule has 4 heteroatoms. The first kappa shape index (κ1) is 18.2. The van der Waals surface area contributed by atoms with Crippen LogP contribution in [0.4, 0.5) is 4.39 Å². The largest absolute Gasteiger partial charge is 0.453 e. The van der Waals surface area contributed by atoms with Gasteiger partial charge in [-0.25, -0.2) is 4.39 Å². The first-order valence-electron chi connectivity index (χ1n) is 8.88. The number of hydrogen-bond donors (Lipinski definition) is 0. The van der Waals surface area contributed by atoms with E-state index in [0.717, 1.165) is 12.8 Å². The monoisotopic (exact) mass is 338 g/mol. The lowest BCUT2D eigenvalue weighted by molar-refractivity contribution is 0.132. The lowest BCUT2D eigenvalue weighted by Crippen LogP contribution is -2.21. The molecule has 1 aromatic carbocycles. The van der Waals surface area contributed by atoms with E-state index in [1.165, 1.54) is 69.9 Å². The Bertz CT molecular complexity index is 449. The van der Waals surface area contributed by atoms with Crippen LogP contribution in [0.25, 0.3) is 0 Å². The summed E-state index contributed by atoms with van der Waals surface area (Å²) in [6.45, 7) is 0. The molecule has 0 heterocycles. The Hall–Kier alpha value is -1.16. The molecule has 0 radical (unpaired) electrons. The van der Waals surface area contributed by atoms with Gasteiger partial charge in [-0.2, -0.15) is 0 Å². The lowest BCUT2D eigenvalue weighted by Gasteiger charge is -2.20. The zero-order chi connectivity index (χ0) is 16.3. The summed E-state index contributed by atoms with van der Waals surface area (Å²) in [5, 5.41) is 0.147. The van der Waals surface area contributed by atoms with Crippen LogP contribution < -0.4 is 4.74 Å². The van der Waals surface area contributed by atoms with Crippen molar-refractivity contribution in [1.29, 1.82) is 0 Å². The SMILES string of the molecule is Fc1ccc(OC(=S)OC2CCCCCCCCCCC2)cc1. The van der Waals surface area contributed by atoms with Crippen molar-refractivity contribution in [1.82, 2.24) is 0 Å². The minimum atomic E-state index is -0.288. The maximum absolute atomic E-state index is 12.9. The van der Waals surface area contributed by atoms with E-state index in [-0.39, 0.29) is 17.2 Å². The number of hydrogen-bond acceptors (Lipinski definition) is 3. The molecule has 2 rings (SSSR count). The van der Waals surface area contributed by atoms with Crippen LogP contribution in [-0.4, -0.2) is 11.3 Å². The second-order valence-corrected chi connectivity index (χ2v) is 6.64. The zero-order valence-electron chi connectivity index (χ0n) is 13.8. The average molecular weight is 338 g/mol. The van der Waals surface area contributed by atoms with Gasteiger partial charge in [-0.05, 0) is 49.9 Å². The van der Waals surface area contributed by atoms with E-state index in [1.54, 1.807) is 12.1 Å². The van der Waals surface area contributed by atoms with Crippen LogP contribution in [0.3, 0.4) is 0 Å². The highest BCUT2D eigenvalue weighted by atomic mass is 32.1. The van der Waals surface area contributed by atoms with Crippen molar-refractivity contribution in [2.45, 2.75) is 76.7 Å². The van der Waals surface area contributed by atoms with Gasteiger partial charge in [0.2, 0.25) is 0 Å². The van der Waals surface area contributed by atoms with Crippen molar-refractivity contribution in [2.75, 3.05) is 0 Å². The van der Waals surface area contributed by atoms with Crippen molar-refractivity contribution in [3.05, 3.63) is 30.1 Å². The average Bonchev–Trinajstić information content (AvgIpc) is 2.52. The van der Waals surface area contributed by atoms with E-state index in [2.05, 4.69) is 0 Å². The summed E-state index contributed by atoms with van der Waals surface area (Å²) in [4.78, 5) is 0. The van der Waals surface area contributed by atoms with Crippen LogP contribution in [-0.2, 0) is 4.74 Å². The first-order valence-corrected chi connectivity index (χ1v) is 9.29. The van der Waals surface area contributed by atoms with Crippen molar-refractivity contribution >= 4 is 17.5 Å². The molecule has 0 aromatic heterocycles. The molecule has 2 nitrogen and oxygen atoms in total. The van der Waals surface area contributed by atoms with Gasteiger partial charge in [-0.15, -0.1) is 0 Å². The summed E-state index contributed by atoms with van der Waals surface area (Å²) < 4.78 is 24.2. The molecule has 0 saturated heterocycles. The van der Waals surface area contributed by atoms with E-state index in [1.807, 2.05) is 0 Å². The molecule has 1 aliphatic rings. The molecule has 0 spiro atoms. The van der Waals surface area contributed by atoms with Crippen molar-refractivity contribution in [3.8, 4) is 5.75 Å². The van der Waals surface area contributed by atoms with Crippen LogP contribution in [0.2, 0.25) is 0 Å². The number of benzene rings is 1. The summed E-state index contributed by atoms with van der Waals surface area (Å²) in [7, 11) is 0. The maximum atomic E-state index is 12.9. The van der Waals surface area contributed by atoms with Crippen LogP contribution in [0, 0.1) is 5.82 Å². The highest BCUT2D eigenvalue weighted by Crippen LogP contribution is 2.20. The van der Waals surface area contributed by atoms with E-state index in [0.29, 0.717) is 5.75 Å². The fourth-order valence-electron chi connectivity index (χ4n) is 3.00. The molecule has 1 aromatic rings. The van der Waals surface area contributed by atoms with Gasteiger partial charge < -0.3 is 9.47 Å². The molecule has 0 bridgehead atoms. The summed E-state index contributed by atoms with van der Waals surface area (Å²) in [6.07, 6.45) is 13.9. The molecular formula is C19H27FO2S. The molecule has 128 valence electrons. The molecular weight excluding hydrogens is 311 g/mol. The molecule has 1 saturated carbocycles. The Morgan fingerprint density at radius 1 is 0.826 bits per heavy atom. The van der Waals surface area contributed by atoms with Gasteiger partial charge in [0.15, 0.2) is 0 Å². The molecule has 0 amide bonds. The van der Waals surface area contributed by atoms with Gasteiger partial charge in [0.25, 0.3) is 0 Å². The predicted octanol–water partition coefficient (Wildman–Crippen LogP) is 6.18. The molecule has 0 unspecified atom stereocenters. The molecule has 23 heavy (non-hydrogen) atoms. The third-order valence-electron chi connectivity index (χ3n) is 4.33. The van der Waals surface area contributed by atoms with Gasteiger partial charge in [-0.3, -0.25) is 0 Å². The highest BCUT2D eigenvalue weighted by molar-refractivity contribution is 7.79. The van der Waals surface area contributed by atoms with Crippen LogP contribution in [0.5, 0.6) is 5.75 Å². The standard InChI is InChI=1S/C19H27FO2S/c20-16-12-14-18(15-13-16)22-19(23)21-17-10-8-6-4-2-1-3-5-7-9-11-17/h12-15,17H,1-11H2. The Morgan fingerprint density at radius 2 is 1.30 bits per heavy atom. The molecule has 1 aliphatic carbocycles. The minimum absolute atomic E-state index is 0.141. The Morgan fingerprint density at radius 3 is 1.83 bits per heavy atom. The Balaban J connectivity index is 1.79. The van der Waals surface area contributed by atoms with Gasteiger partial charge in [0, 0.05) is 12.2 Å². The normalized spacial score (nSPS) is 18.5. The molecule has 0 aliphatic heterocycles. The summed E-state index contributed by atoms with van der Waals surface area (Å²) in [6, 6.07) is 5.83. The maximum Gasteiger partial charge on any atom is 0.358 e. The molecule has 1 fully saturated rings. The van der Waals surface area contributed by atoms with Gasteiger partial charge >= 0.3 is 5.24 Å². The van der Waals surface area contributed by atoms with Crippen LogP contribution in [0.15, 0.2) is 24.3 Å². The van der Waals surface area contributed by atoms with E-state index < -0.39 is 0 Å². The third-order valence-corrected chi connectivity index (χ3v) is 4.51. The van der Waals surface area contributed by atoms with E-state index in [9.17, 15) is 4.39 Å². The molecule has 0 atom stereocenters. The van der Waals surface area contributed by atoms with E-state index in [4.69, 9.17) is 21.7 Å². The predicted molar refractivity (Wildman–Crippen MR) is 95.3 cm³/mol. The second-order valence-electron chi connectivity index (χ2n) is 6.31. The summed E-state index contributed by atoms with van der Waals surface area (Å²) in [5.74, 6) is 0.230. The quantitative estimate of drug-likeness (QED) is 0.600. The number of thiocarbonyl (C=S) groups is 1. The van der Waals surface area contributed by atoms with Gasteiger partial charge in [0.1, 0.15) is 17.7 Å². The van der Waals surface area contributed by atoms with Crippen molar-refractivity contribution in [3.63, 3.8) is 0 Å².